The van der Waals surface area contributed by atoms with Crippen LogP contribution in [0.2, 0.25) is 0 Å². The Labute approximate surface area is 185 Å². The lowest BCUT2D eigenvalue weighted by Crippen LogP contribution is -2.00. The van der Waals surface area contributed by atoms with E-state index in [4.69, 9.17) is 10.5 Å². The Morgan fingerprint density at radius 3 is 2.23 bits per heavy atom. The number of rotatable bonds is 10. The van der Waals surface area contributed by atoms with Gasteiger partial charge in [-0.05, 0) is 42.2 Å². The van der Waals surface area contributed by atoms with Crippen LogP contribution in [-0.2, 0) is 6.42 Å². The third-order valence-electron chi connectivity index (χ3n) is 5.50. The zero-order valence-corrected chi connectivity index (χ0v) is 18.5. The van der Waals surface area contributed by atoms with E-state index in [0.717, 1.165) is 47.6 Å². The fraction of sp³-hybridized carbons (Fsp3) is 0.333. The van der Waals surface area contributed by atoms with Gasteiger partial charge in [-0.2, -0.15) is 5.26 Å². The predicted octanol–water partition coefficient (Wildman–Crippen LogP) is 6.78. The van der Waals surface area contributed by atoms with Gasteiger partial charge < -0.3 is 10.5 Å². The van der Waals surface area contributed by atoms with E-state index < -0.39 is 0 Å². The molecule has 0 aliphatic rings. The summed E-state index contributed by atoms with van der Waals surface area (Å²) in [5.41, 5.74) is 11.3. The second-order valence-corrected chi connectivity index (χ2v) is 7.76. The maximum atomic E-state index is 9.66. The summed E-state index contributed by atoms with van der Waals surface area (Å²) in [4.78, 5) is 4.48. The molecular weight excluding hydrogens is 382 g/mol. The minimum Gasteiger partial charge on any atom is -0.494 e. The van der Waals surface area contributed by atoms with Gasteiger partial charge in [0.25, 0.3) is 0 Å². The van der Waals surface area contributed by atoms with Gasteiger partial charge in [0, 0.05) is 11.1 Å². The topological polar surface area (TPSA) is 71.9 Å². The molecule has 0 bridgehead atoms. The average Bonchev–Trinajstić information content (AvgIpc) is 2.81. The predicted molar refractivity (Wildman–Crippen MR) is 128 cm³/mol. The Bertz CT molecular complexity index is 1020. The summed E-state index contributed by atoms with van der Waals surface area (Å²) < 4.78 is 5.87. The molecule has 31 heavy (non-hydrogen) atoms. The number of unbranched alkanes of at least 4 members (excludes halogenated alkanes) is 4. The number of hydrogen-bond donors (Lipinski definition) is 1. The molecule has 0 aliphatic carbocycles. The van der Waals surface area contributed by atoms with Gasteiger partial charge in [0.05, 0.1) is 12.3 Å². The lowest BCUT2D eigenvalue weighted by Gasteiger charge is -2.12. The van der Waals surface area contributed by atoms with Crippen LogP contribution in [0.15, 0.2) is 54.6 Å². The molecule has 1 aromatic heterocycles. The van der Waals surface area contributed by atoms with Gasteiger partial charge in [0.2, 0.25) is 0 Å². The van der Waals surface area contributed by atoms with Crippen LogP contribution in [0.25, 0.3) is 22.4 Å². The van der Waals surface area contributed by atoms with Crippen molar-refractivity contribution in [2.75, 3.05) is 12.3 Å². The first-order chi connectivity index (χ1) is 15.2. The third-order valence-corrected chi connectivity index (χ3v) is 5.50. The maximum Gasteiger partial charge on any atom is 0.142 e. The number of aromatic nitrogens is 1. The van der Waals surface area contributed by atoms with Gasteiger partial charge in [-0.1, -0.05) is 75.9 Å². The van der Waals surface area contributed by atoms with Crippen molar-refractivity contribution in [3.8, 4) is 34.2 Å². The monoisotopic (exact) mass is 413 g/mol. The molecule has 160 valence electrons. The first-order valence-electron chi connectivity index (χ1n) is 11.2. The zero-order chi connectivity index (χ0) is 22.1. The number of hydrogen-bond acceptors (Lipinski definition) is 4. The summed E-state index contributed by atoms with van der Waals surface area (Å²) in [6, 6.07) is 20.3. The van der Waals surface area contributed by atoms with Crippen molar-refractivity contribution in [3.63, 3.8) is 0 Å². The Balaban J connectivity index is 1.79. The Kier molecular flexibility index (Phi) is 8.06. The number of benzene rings is 2. The molecule has 2 N–H and O–H groups in total. The van der Waals surface area contributed by atoms with Gasteiger partial charge in [0.1, 0.15) is 23.2 Å². The van der Waals surface area contributed by atoms with Crippen LogP contribution in [0.5, 0.6) is 5.75 Å². The van der Waals surface area contributed by atoms with Crippen molar-refractivity contribution in [2.45, 2.75) is 52.4 Å². The van der Waals surface area contributed by atoms with E-state index in [1.807, 2.05) is 42.5 Å². The van der Waals surface area contributed by atoms with Crippen molar-refractivity contribution < 1.29 is 4.74 Å². The quantitative estimate of drug-likeness (QED) is 0.372. The highest BCUT2D eigenvalue weighted by Gasteiger charge is 2.13. The molecule has 0 radical (unpaired) electrons. The number of nitrogens with zero attached hydrogens (tertiary/aromatic N) is 2. The summed E-state index contributed by atoms with van der Waals surface area (Å²) in [5.74, 6) is 1.09. The van der Waals surface area contributed by atoms with Gasteiger partial charge in [-0.3, -0.25) is 0 Å². The third kappa shape index (κ3) is 5.86. The van der Waals surface area contributed by atoms with Crippen molar-refractivity contribution in [2.24, 2.45) is 0 Å². The molecule has 0 saturated carbocycles. The van der Waals surface area contributed by atoms with Gasteiger partial charge in [-0.15, -0.1) is 0 Å². The van der Waals surface area contributed by atoms with Crippen LogP contribution in [0.3, 0.4) is 0 Å². The van der Waals surface area contributed by atoms with E-state index in [1.165, 1.54) is 31.2 Å². The number of ether oxygens (including phenoxy) is 1. The summed E-state index contributed by atoms with van der Waals surface area (Å²) in [6.07, 6.45) is 7.06. The number of aryl methyl sites for hydroxylation is 1. The molecule has 0 amide bonds. The summed E-state index contributed by atoms with van der Waals surface area (Å²) in [7, 11) is 0. The Morgan fingerprint density at radius 1 is 0.903 bits per heavy atom. The second-order valence-electron chi connectivity index (χ2n) is 7.76. The lowest BCUT2D eigenvalue weighted by molar-refractivity contribution is 0.304. The normalized spacial score (nSPS) is 10.6. The van der Waals surface area contributed by atoms with Crippen molar-refractivity contribution in [1.82, 2.24) is 4.98 Å². The van der Waals surface area contributed by atoms with Crippen molar-refractivity contribution >= 4 is 5.82 Å². The lowest BCUT2D eigenvalue weighted by atomic mass is 9.98. The van der Waals surface area contributed by atoms with Crippen LogP contribution in [0.4, 0.5) is 5.82 Å². The van der Waals surface area contributed by atoms with Crippen LogP contribution in [-0.4, -0.2) is 11.6 Å². The maximum absolute atomic E-state index is 9.66. The molecule has 0 spiro atoms. The van der Waals surface area contributed by atoms with Crippen molar-refractivity contribution in [3.05, 3.63) is 65.7 Å². The number of anilines is 1. The molecular formula is C27H31N3O. The summed E-state index contributed by atoms with van der Waals surface area (Å²) in [5, 5.41) is 9.66. The minimum absolute atomic E-state index is 0.252. The fourth-order valence-electron chi connectivity index (χ4n) is 3.60. The highest BCUT2D eigenvalue weighted by Crippen LogP contribution is 2.32. The van der Waals surface area contributed by atoms with Crippen LogP contribution < -0.4 is 10.5 Å². The van der Waals surface area contributed by atoms with E-state index in [9.17, 15) is 5.26 Å². The standard InChI is InChI=1S/C27H31N3O/c1-3-5-6-7-8-17-31-23-15-13-21(14-16-23)24-18-26(30-27(29)25(24)19-28)22-11-9-20(4-2)10-12-22/h9-16,18H,3-8,17H2,1-2H3,(H2,29,30). The molecule has 0 saturated heterocycles. The van der Waals surface area contributed by atoms with Crippen molar-refractivity contribution in [1.29, 1.82) is 5.26 Å². The highest BCUT2D eigenvalue weighted by molar-refractivity contribution is 5.80. The van der Waals surface area contributed by atoms with E-state index in [2.05, 4.69) is 37.0 Å². The fourth-order valence-corrected chi connectivity index (χ4v) is 3.60. The van der Waals surface area contributed by atoms with E-state index >= 15 is 0 Å². The molecule has 4 nitrogen and oxygen atoms in total. The molecule has 1 heterocycles. The highest BCUT2D eigenvalue weighted by atomic mass is 16.5. The van der Waals surface area contributed by atoms with Crippen LogP contribution >= 0.6 is 0 Å². The van der Waals surface area contributed by atoms with Gasteiger partial charge in [0.15, 0.2) is 0 Å². The SMILES string of the molecule is CCCCCCCOc1ccc(-c2cc(-c3ccc(CC)cc3)nc(N)c2C#N)cc1. The number of nitrogens with two attached hydrogens (primary N) is 1. The first kappa shape index (κ1) is 22.4. The average molecular weight is 414 g/mol. The molecule has 0 atom stereocenters. The summed E-state index contributed by atoms with van der Waals surface area (Å²) >= 11 is 0. The number of pyridine rings is 1. The Morgan fingerprint density at radius 2 is 1.58 bits per heavy atom. The van der Waals surface area contributed by atoms with Gasteiger partial charge >= 0.3 is 0 Å². The van der Waals surface area contributed by atoms with E-state index in [-0.39, 0.29) is 5.82 Å². The summed E-state index contributed by atoms with van der Waals surface area (Å²) in [6.45, 7) is 5.08. The molecule has 2 aromatic carbocycles. The smallest absolute Gasteiger partial charge is 0.142 e. The molecule has 0 unspecified atom stereocenters. The zero-order valence-electron chi connectivity index (χ0n) is 18.5. The largest absolute Gasteiger partial charge is 0.494 e. The molecule has 0 aliphatic heterocycles. The molecule has 0 fully saturated rings. The molecule has 3 rings (SSSR count). The van der Waals surface area contributed by atoms with Gasteiger partial charge in [-0.25, -0.2) is 4.98 Å². The second kappa shape index (κ2) is 11.2. The van der Waals surface area contributed by atoms with E-state index in [0.29, 0.717) is 5.56 Å². The first-order valence-corrected chi connectivity index (χ1v) is 11.2. The van der Waals surface area contributed by atoms with E-state index in [1.54, 1.807) is 0 Å². The Hall–Kier alpha value is -3.32. The molecule has 3 aromatic rings. The minimum atomic E-state index is 0.252. The number of nitriles is 1. The van der Waals surface area contributed by atoms with Crippen LogP contribution in [0.1, 0.15) is 57.1 Å². The number of nitrogen functional groups attached to an aromatic ring is 1. The van der Waals surface area contributed by atoms with Crippen LogP contribution in [0, 0.1) is 11.3 Å². The molecule has 4 heteroatoms.